The highest BCUT2D eigenvalue weighted by molar-refractivity contribution is 7.85. The lowest BCUT2D eigenvalue weighted by atomic mass is 10.2. The molecule has 18 heavy (non-hydrogen) atoms. The Bertz CT molecular complexity index is 501. The molecule has 1 rings (SSSR count). The number of halogens is 2. The van der Waals surface area contributed by atoms with Crippen molar-refractivity contribution in [3.8, 4) is 5.75 Å². The molecule has 0 saturated heterocycles. The summed E-state index contributed by atoms with van der Waals surface area (Å²) in [5.74, 6) is -0.545. The van der Waals surface area contributed by atoms with E-state index in [-0.39, 0.29) is 16.3 Å². The van der Waals surface area contributed by atoms with E-state index in [0.717, 1.165) is 0 Å². The van der Waals surface area contributed by atoms with Crippen LogP contribution in [0.25, 0.3) is 0 Å². The largest absolute Gasteiger partial charge is 0.494 e. The molecule has 0 aliphatic rings. The quantitative estimate of drug-likeness (QED) is 0.636. The first kappa shape index (κ1) is 15.0. The van der Waals surface area contributed by atoms with Gasteiger partial charge in [-0.15, -0.1) is 0 Å². The average Bonchev–Trinajstić information content (AvgIpc) is 2.29. The van der Waals surface area contributed by atoms with Gasteiger partial charge in [0.2, 0.25) is 5.95 Å². The Morgan fingerprint density at radius 1 is 1.56 bits per heavy atom. The first-order valence-corrected chi connectivity index (χ1v) is 6.60. The normalized spacial score (nSPS) is 13.9. The van der Waals surface area contributed by atoms with Crippen LogP contribution in [0.2, 0.25) is 5.02 Å². The van der Waals surface area contributed by atoms with Gasteiger partial charge in [0.1, 0.15) is 21.8 Å². The van der Waals surface area contributed by atoms with E-state index >= 15 is 0 Å². The maximum absolute atomic E-state index is 13.2. The van der Waals surface area contributed by atoms with E-state index in [1.165, 1.54) is 19.5 Å². The highest BCUT2D eigenvalue weighted by Gasteiger charge is 2.19. The van der Waals surface area contributed by atoms with Crippen LogP contribution >= 0.6 is 11.6 Å². The average molecular weight is 293 g/mol. The number of methoxy groups -OCH3 is 1. The Morgan fingerprint density at radius 3 is 2.67 bits per heavy atom. The smallest absolute Gasteiger partial charge is 0.232 e. The predicted octanol–water partition coefficient (Wildman–Crippen LogP) is 2.76. The summed E-state index contributed by atoms with van der Waals surface area (Å²) in [6.45, 7) is 5.35. The zero-order valence-corrected chi connectivity index (χ0v) is 12.1. The van der Waals surface area contributed by atoms with Gasteiger partial charge in [-0.25, -0.2) is 9.19 Å². The molecule has 7 heteroatoms. The minimum atomic E-state index is -1.45. The van der Waals surface area contributed by atoms with Crippen molar-refractivity contribution < 1.29 is 13.3 Å². The van der Waals surface area contributed by atoms with E-state index in [4.69, 9.17) is 16.3 Å². The zero-order chi connectivity index (χ0) is 13.9. The third kappa shape index (κ3) is 3.49. The van der Waals surface area contributed by atoms with Crippen molar-refractivity contribution in [3.05, 3.63) is 22.7 Å². The predicted molar refractivity (Wildman–Crippen MR) is 71.2 cm³/mol. The van der Waals surface area contributed by atoms with Crippen molar-refractivity contribution >= 4 is 28.8 Å². The van der Waals surface area contributed by atoms with E-state index in [2.05, 4.69) is 9.38 Å². The molecule has 0 bridgehead atoms. The summed E-state index contributed by atoms with van der Waals surface area (Å²) >= 11 is 5.77. The van der Waals surface area contributed by atoms with Gasteiger partial charge in [-0.3, -0.25) is 0 Å². The number of pyridine rings is 1. The van der Waals surface area contributed by atoms with Crippen LogP contribution in [0.15, 0.2) is 10.6 Å². The highest BCUT2D eigenvalue weighted by Crippen LogP contribution is 2.26. The topological polar surface area (TPSA) is 51.6 Å². The van der Waals surface area contributed by atoms with Crippen molar-refractivity contribution in [1.82, 2.24) is 4.98 Å². The van der Waals surface area contributed by atoms with Crippen LogP contribution in [0.5, 0.6) is 5.75 Å². The fourth-order valence-electron chi connectivity index (χ4n) is 1.00. The van der Waals surface area contributed by atoms with Crippen LogP contribution in [0, 0.1) is 5.95 Å². The number of hydrogen-bond acceptors (Lipinski definition) is 3. The van der Waals surface area contributed by atoms with Crippen LogP contribution in [-0.2, 0) is 11.0 Å². The summed E-state index contributed by atoms with van der Waals surface area (Å²) in [5, 5.41) is -0.205. The number of rotatable bonds is 3. The summed E-state index contributed by atoms with van der Waals surface area (Å²) in [5.41, 5.74) is 0.226. The standard InChI is InChI=1S/C11H14ClFN2O2S/c1-11(2,3)18(16)15-5-7-8(17-4)6-14-10(13)9(7)12/h5-6H,1-4H3/b15-5+/t18-/m0/s1. The zero-order valence-electron chi connectivity index (χ0n) is 10.5. The van der Waals surface area contributed by atoms with Gasteiger partial charge in [0.05, 0.1) is 29.8 Å². The van der Waals surface area contributed by atoms with E-state index in [1.807, 2.05) is 0 Å². The monoisotopic (exact) mass is 292 g/mol. The lowest BCUT2D eigenvalue weighted by Gasteiger charge is -2.13. The van der Waals surface area contributed by atoms with E-state index < -0.39 is 21.7 Å². The Hall–Kier alpha value is -1.01. The minimum absolute atomic E-state index is 0.205. The number of hydrogen-bond donors (Lipinski definition) is 0. The second-order valence-corrected chi connectivity index (χ2v) is 6.75. The van der Waals surface area contributed by atoms with Gasteiger partial charge in [-0.05, 0) is 20.8 Å². The van der Waals surface area contributed by atoms with Crippen molar-refractivity contribution in [2.75, 3.05) is 7.11 Å². The summed E-state index contributed by atoms with van der Waals surface area (Å²) in [6, 6.07) is 0. The van der Waals surface area contributed by atoms with Crippen LogP contribution < -0.4 is 4.74 Å². The molecule has 1 aromatic rings. The SMILES string of the molecule is COc1cnc(F)c(Cl)c1/C=N/[S@@](=O)C(C)(C)C. The van der Waals surface area contributed by atoms with Crippen molar-refractivity contribution in [3.63, 3.8) is 0 Å². The molecule has 0 aromatic carbocycles. The molecule has 1 aromatic heterocycles. The molecule has 0 fully saturated rings. The molecule has 4 nitrogen and oxygen atoms in total. The summed E-state index contributed by atoms with van der Waals surface area (Å²) in [6.07, 6.45) is 2.44. The third-order valence-electron chi connectivity index (χ3n) is 2.00. The molecular weight excluding hydrogens is 279 g/mol. The van der Waals surface area contributed by atoms with Crippen LogP contribution in [-0.4, -0.2) is 27.3 Å². The summed E-state index contributed by atoms with van der Waals surface area (Å²) in [4.78, 5) is 3.42. The van der Waals surface area contributed by atoms with Gasteiger partial charge in [-0.2, -0.15) is 8.79 Å². The Morgan fingerprint density at radius 2 is 2.17 bits per heavy atom. The van der Waals surface area contributed by atoms with Crippen LogP contribution in [0.4, 0.5) is 4.39 Å². The highest BCUT2D eigenvalue weighted by atomic mass is 35.5. The van der Waals surface area contributed by atoms with E-state index in [1.54, 1.807) is 20.8 Å². The Balaban J connectivity index is 3.15. The van der Waals surface area contributed by atoms with Gasteiger partial charge in [0.15, 0.2) is 0 Å². The van der Waals surface area contributed by atoms with E-state index in [9.17, 15) is 8.60 Å². The molecule has 0 amide bonds. The Labute approximate surface area is 113 Å². The third-order valence-corrected chi connectivity index (χ3v) is 3.70. The van der Waals surface area contributed by atoms with Gasteiger partial charge >= 0.3 is 0 Å². The molecule has 1 atom stereocenters. The van der Waals surface area contributed by atoms with Crippen LogP contribution in [0.3, 0.4) is 0 Å². The summed E-state index contributed by atoms with van der Waals surface area (Å²) < 4.78 is 33.3. The molecule has 0 aliphatic carbocycles. The minimum Gasteiger partial charge on any atom is -0.494 e. The van der Waals surface area contributed by atoms with Gasteiger partial charge < -0.3 is 4.74 Å². The molecule has 0 unspecified atom stereocenters. The molecule has 100 valence electrons. The second kappa shape index (κ2) is 5.75. The second-order valence-electron chi connectivity index (χ2n) is 4.44. The molecule has 0 aliphatic heterocycles. The fourth-order valence-corrected chi connectivity index (χ4v) is 1.71. The molecule has 1 heterocycles. The van der Waals surface area contributed by atoms with Crippen molar-refractivity contribution in [1.29, 1.82) is 0 Å². The lowest BCUT2D eigenvalue weighted by molar-refractivity contribution is 0.409. The molecule has 0 spiro atoms. The maximum atomic E-state index is 13.2. The fraction of sp³-hybridized carbons (Fsp3) is 0.455. The van der Waals surface area contributed by atoms with Gasteiger partial charge in [0, 0.05) is 0 Å². The molecule has 0 N–H and O–H groups in total. The first-order chi connectivity index (χ1) is 8.27. The maximum Gasteiger partial charge on any atom is 0.232 e. The summed E-state index contributed by atoms with van der Waals surface area (Å²) in [7, 11) is -0.0445. The van der Waals surface area contributed by atoms with Crippen molar-refractivity contribution in [2.24, 2.45) is 4.40 Å². The number of ether oxygens (including phenoxy) is 1. The van der Waals surface area contributed by atoms with Crippen LogP contribution in [0.1, 0.15) is 26.3 Å². The van der Waals surface area contributed by atoms with Crippen molar-refractivity contribution in [2.45, 2.75) is 25.5 Å². The van der Waals surface area contributed by atoms with Gasteiger partial charge in [0.25, 0.3) is 0 Å². The molecular formula is C11H14ClFN2O2S. The number of nitrogens with zero attached hydrogens (tertiary/aromatic N) is 2. The molecule has 0 saturated carbocycles. The first-order valence-electron chi connectivity index (χ1n) is 5.11. The number of aromatic nitrogens is 1. The Kier molecular flexibility index (Phi) is 4.81. The van der Waals surface area contributed by atoms with E-state index in [0.29, 0.717) is 0 Å². The molecule has 0 radical (unpaired) electrons. The van der Waals surface area contributed by atoms with Gasteiger partial charge in [-0.1, -0.05) is 11.6 Å². The lowest BCUT2D eigenvalue weighted by Crippen LogP contribution is -2.19.